The summed E-state index contributed by atoms with van der Waals surface area (Å²) in [6.07, 6.45) is 0.895. The number of ether oxygens (including phenoxy) is 1. The lowest BCUT2D eigenvalue weighted by molar-refractivity contribution is 0.0919. The Hall–Kier alpha value is -2.94. The van der Waals surface area contributed by atoms with Gasteiger partial charge in [-0.1, -0.05) is 48.5 Å². The lowest BCUT2D eigenvalue weighted by atomic mass is 10.0. The highest BCUT2D eigenvalue weighted by Gasteiger charge is 2.19. The van der Waals surface area contributed by atoms with Gasteiger partial charge in [-0.2, -0.15) is 0 Å². The first-order valence-electron chi connectivity index (χ1n) is 7.84. The van der Waals surface area contributed by atoms with E-state index in [1.807, 2.05) is 30.3 Å². The van der Waals surface area contributed by atoms with Gasteiger partial charge in [-0.25, -0.2) is 4.39 Å². The quantitative estimate of drug-likeness (QED) is 0.512. The van der Waals surface area contributed by atoms with E-state index in [4.69, 9.17) is 4.74 Å². The summed E-state index contributed by atoms with van der Waals surface area (Å²) in [7, 11) is 0. The van der Waals surface area contributed by atoms with Crippen LogP contribution in [0.2, 0.25) is 0 Å². The fraction of sp³-hybridized carbons (Fsp3) is 0.0952. The molecule has 4 rings (SSSR count). The monoisotopic (exact) mass is 318 g/mol. The van der Waals surface area contributed by atoms with E-state index in [1.165, 1.54) is 28.8 Å². The summed E-state index contributed by atoms with van der Waals surface area (Å²) in [5.41, 5.74) is 5.36. The topological polar surface area (TPSA) is 26.3 Å². The van der Waals surface area contributed by atoms with Gasteiger partial charge in [0.05, 0.1) is 0 Å². The van der Waals surface area contributed by atoms with Crippen molar-refractivity contribution in [2.75, 3.05) is 6.61 Å². The van der Waals surface area contributed by atoms with E-state index in [0.29, 0.717) is 5.56 Å². The van der Waals surface area contributed by atoms with Crippen LogP contribution < -0.4 is 4.74 Å². The van der Waals surface area contributed by atoms with E-state index in [2.05, 4.69) is 12.1 Å². The van der Waals surface area contributed by atoms with Crippen LogP contribution in [0.15, 0.2) is 66.7 Å². The minimum absolute atomic E-state index is 0.0948. The van der Waals surface area contributed by atoms with Crippen LogP contribution in [0.5, 0.6) is 5.75 Å². The van der Waals surface area contributed by atoms with Gasteiger partial charge in [0, 0.05) is 5.56 Å². The first-order chi connectivity index (χ1) is 11.7. The van der Waals surface area contributed by atoms with Crippen LogP contribution >= 0.6 is 0 Å². The Morgan fingerprint density at radius 1 is 0.917 bits per heavy atom. The third kappa shape index (κ3) is 2.58. The summed E-state index contributed by atoms with van der Waals surface area (Å²) >= 11 is 0. The Morgan fingerprint density at radius 2 is 1.67 bits per heavy atom. The average Bonchev–Trinajstić information content (AvgIpc) is 2.98. The predicted molar refractivity (Wildman–Crippen MR) is 90.9 cm³/mol. The minimum atomic E-state index is -0.465. The molecule has 3 aromatic rings. The van der Waals surface area contributed by atoms with Crippen molar-refractivity contribution in [1.29, 1.82) is 0 Å². The molecule has 0 spiro atoms. The van der Waals surface area contributed by atoms with Crippen molar-refractivity contribution in [2.24, 2.45) is 0 Å². The van der Waals surface area contributed by atoms with Crippen molar-refractivity contribution in [2.45, 2.75) is 6.42 Å². The summed E-state index contributed by atoms with van der Waals surface area (Å²) in [5, 5.41) is 0. The molecule has 0 radical (unpaired) electrons. The number of carbonyl (C=O) groups is 1. The summed E-state index contributed by atoms with van der Waals surface area (Å²) in [4.78, 5) is 12.4. The Balaban J connectivity index is 1.56. The highest BCUT2D eigenvalue weighted by molar-refractivity contribution is 5.99. The maximum atomic E-state index is 13.6. The standard InChI is InChI=1S/C21H15FO2/c22-19-7-3-4-8-21(19)24-13-20(23)16-10-9-15-11-14-5-1-2-6-17(14)18(15)12-16/h1-10,12H,11,13H2. The molecule has 0 atom stereocenters. The van der Waals surface area contributed by atoms with E-state index in [0.717, 1.165) is 12.0 Å². The van der Waals surface area contributed by atoms with Gasteiger partial charge < -0.3 is 4.74 Å². The number of hydrogen-bond donors (Lipinski definition) is 0. The van der Waals surface area contributed by atoms with Gasteiger partial charge in [0.25, 0.3) is 0 Å². The molecule has 0 unspecified atom stereocenters. The highest BCUT2D eigenvalue weighted by Crippen LogP contribution is 2.36. The molecule has 118 valence electrons. The number of halogens is 1. The zero-order chi connectivity index (χ0) is 16.5. The predicted octanol–water partition coefficient (Wildman–Crippen LogP) is 4.66. The number of carbonyl (C=O) groups excluding carboxylic acids is 1. The van der Waals surface area contributed by atoms with Crippen molar-refractivity contribution >= 4 is 5.78 Å². The first-order valence-corrected chi connectivity index (χ1v) is 7.84. The largest absolute Gasteiger partial charge is 0.482 e. The maximum absolute atomic E-state index is 13.6. The van der Waals surface area contributed by atoms with Crippen LogP contribution in [0.25, 0.3) is 11.1 Å². The number of ketones is 1. The van der Waals surface area contributed by atoms with E-state index in [9.17, 15) is 9.18 Å². The van der Waals surface area contributed by atoms with Crippen LogP contribution in [0.4, 0.5) is 4.39 Å². The molecular weight excluding hydrogens is 303 g/mol. The van der Waals surface area contributed by atoms with E-state index in [1.54, 1.807) is 12.1 Å². The molecular formula is C21H15FO2. The molecule has 3 heteroatoms. The Bertz CT molecular complexity index is 931. The van der Waals surface area contributed by atoms with Crippen molar-refractivity contribution < 1.29 is 13.9 Å². The molecule has 1 aliphatic rings. The van der Waals surface area contributed by atoms with Crippen LogP contribution in [-0.4, -0.2) is 12.4 Å². The molecule has 0 heterocycles. The lowest BCUT2D eigenvalue weighted by Crippen LogP contribution is -2.12. The molecule has 1 aliphatic carbocycles. The average molecular weight is 318 g/mol. The highest BCUT2D eigenvalue weighted by atomic mass is 19.1. The number of hydrogen-bond acceptors (Lipinski definition) is 2. The lowest BCUT2D eigenvalue weighted by Gasteiger charge is -2.08. The van der Waals surface area contributed by atoms with Crippen molar-refractivity contribution in [3.8, 4) is 16.9 Å². The second-order valence-electron chi connectivity index (χ2n) is 5.85. The molecule has 0 bridgehead atoms. The molecule has 3 aromatic carbocycles. The van der Waals surface area contributed by atoms with E-state index >= 15 is 0 Å². The maximum Gasteiger partial charge on any atom is 0.200 e. The van der Waals surface area contributed by atoms with Crippen molar-refractivity contribution in [1.82, 2.24) is 0 Å². The molecule has 0 N–H and O–H groups in total. The fourth-order valence-electron chi connectivity index (χ4n) is 3.09. The second kappa shape index (κ2) is 5.93. The van der Waals surface area contributed by atoms with Crippen LogP contribution in [-0.2, 0) is 6.42 Å². The zero-order valence-electron chi connectivity index (χ0n) is 13.0. The van der Waals surface area contributed by atoms with Gasteiger partial charge in [0.15, 0.2) is 24.0 Å². The summed E-state index contributed by atoms with van der Waals surface area (Å²) in [5.74, 6) is -0.532. The molecule has 0 fully saturated rings. The van der Waals surface area contributed by atoms with Gasteiger partial charge in [-0.15, -0.1) is 0 Å². The van der Waals surface area contributed by atoms with E-state index < -0.39 is 5.82 Å². The summed E-state index contributed by atoms with van der Waals surface area (Å²) in [6, 6.07) is 20.0. The smallest absolute Gasteiger partial charge is 0.200 e. The van der Waals surface area contributed by atoms with E-state index in [-0.39, 0.29) is 18.1 Å². The Morgan fingerprint density at radius 3 is 2.54 bits per heavy atom. The third-order valence-electron chi connectivity index (χ3n) is 4.32. The number of rotatable bonds is 4. The Labute approximate surface area is 139 Å². The molecule has 0 aliphatic heterocycles. The molecule has 0 saturated heterocycles. The molecule has 0 saturated carbocycles. The molecule has 0 amide bonds. The number of para-hydroxylation sites is 1. The van der Waals surface area contributed by atoms with Crippen LogP contribution in [0, 0.1) is 5.82 Å². The van der Waals surface area contributed by atoms with Gasteiger partial charge >= 0.3 is 0 Å². The summed E-state index contributed by atoms with van der Waals surface area (Å²) in [6.45, 7) is -0.179. The SMILES string of the molecule is O=C(COc1ccccc1F)c1ccc2c(c1)-c1ccccc1C2. The van der Waals surface area contributed by atoms with Crippen LogP contribution in [0.1, 0.15) is 21.5 Å². The van der Waals surface area contributed by atoms with Crippen molar-refractivity contribution in [3.05, 3.63) is 89.2 Å². The molecule has 2 nitrogen and oxygen atoms in total. The van der Waals surface area contributed by atoms with Gasteiger partial charge in [0.1, 0.15) is 0 Å². The molecule has 0 aromatic heterocycles. The fourth-order valence-corrected chi connectivity index (χ4v) is 3.09. The van der Waals surface area contributed by atoms with Crippen molar-refractivity contribution in [3.63, 3.8) is 0 Å². The number of Topliss-reactive ketones (excluding diaryl/α,β-unsaturated/α-hetero) is 1. The normalized spacial score (nSPS) is 11.7. The van der Waals surface area contributed by atoms with Gasteiger partial charge in [-0.3, -0.25) is 4.79 Å². The minimum Gasteiger partial charge on any atom is -0.482 e. The van der Waals surface area contributed by atoms with Crippen LogP contribution in [0.3, 0.4) is 0 Å². The number of benzene rings is 3. The Kier molecular flexibility index (Phi) is 3.62. The second-order valence-corrected chi connectivity index (χ2v) is 5.85. The first kappa shape index (κ1) is 14.6. The third-order valence-corrected chi connectivity index (χ3v) is 4.32. The van der Waals surface area contributed by atoms with Gasteiger partial charge in [0.2, 0.25) is 0 Å². The zero-order valence-corrected chi connectivity index (χ0v) is 13.0. The van der Waals surface area contributed by atoms with Gasteiger partial charge in [-0.05, 0) is 46.9 Å². The number of fused-ring (bicyclic) bond motifs is 3. The summed E-state index contributed by atoms with van der Waals surface area (Å²) < 4.78 is 18.9. The molecule has 24 heavy (non-hydrogen) atoms.